The number of allylic oxidation sites excluding steroid dienone is 1. The van der Waals surface area contributed by atoms with Crippen LogP contribution in [0.4, 0.5) is 0 Å². The highest BCUT2D eigenvalue weighted by Gasteiger charge is 2.19. The molecular formula is C13H16Cl2. The van der Waals surface area contributed by atoms with Gasteiger partial charge in [0.2, 0.25) is 0 Å². The minimum absolute atomic E-state index is 0.0266. The van der Waals surface area contributed by atoms with Gasteiger partial charge in [0.05, 0.1) is 0 Å². The summed E-state index contributed by atoms with van der Waals surface area (Å²) in [5.74, 6) is 0. The Morgan fingerprint density at radius 2 is 1.73 bits per heavy atom. The molecule has 0 nitrogen and oxygen atoms in total. The lowest BCUT2D eigenvalue weighted by atomic mass is 9.82. The van der Waals surface area contributed by atoms with E-state index in [4.69, 9.17) is 23.2 Å². The van der Waals surface area contributed by atoms with Crippen molar-refractivity contribution in [3.8, 4) is 0 Å². The normalized spacial score (nSPS) is 11.6. The van der Waals surface area contributed by atoms with E-state index in [0.717, 1.165) is 16.7 Å². The average molecular weight is 243 g/mol. The van der Waals surface area contributed by atoms with E-state index in [1.807, 2.05) is 13.0 Å². The van der Waals surface area contributed by atoms with Gasteiger partial charge in [-0.15, -0.1) is 0 Å². The molecule has 0 atom stereocenters. The fraction of sp³-hybridized carbons (Fsp3) is 0.385. The predicted molar refractivity (Wildman–Crippen MR) is 69.7 cm³/mol. The van der Waals surface area contributed by atoms with E-state index in [0.29, 0.717) is 10.0 Å². The maximum atomic E-state index is 6.09. The van der Waals surface area contributed by atoms with Crippen LogP contribution in [0.25, 0.3) is 5.57 Å². The van der Waals surface area contributed by atoms with E-state index in [2.05, 4.69) is 27.4 Å². The van der Waals surface area contributed by atoms with Crippen molar-refractivity contribution >= 4 is 28.8 Å². The third kappa shape index (κ3) is 2.76. The molecule has 1 aromatic rings. The van der Waals surface area contributed by atoms with E-state index < -0.39 is 0 Å². The molecule has 15 heavy (non-hydrogen) atoms. The Morgan fingerprint density at radius 3 is 2.20 bits per heavy atom. The molecule has 0 aliphatic heterocycles. The summed E-state index contributed by atoms with van der Waals surface area (Å²) in [6.07, 6.45) is 0. The van der Waals surface area contributed by atoms with Crippen molar-refractivity contribution in [3.63, 3.8) is 0 Å². The smallest absolute Gasteiger partial charge is 0.0456 e. The molecule has 0 unspecified atom stereocenters. The summed E-state index contributed by atoms with van der Waals surface area (Å²) in [4.78, 5) is 0. The van der Waals surface area contributed by atoms with Gasteiger partial charge in [0.1, 0.15) is 0 Å². The summed E-state index contributed by atoms with van der Waals surface area (Å²) in [6, 6.07) is 3.69. The zero-order chi connectivity index (χ0) is 11.8. The standard InChI is InChI=1S/C13H16Cl2/c1-8-11(9(2)13(3,4)5)6-10(14)7-12(8)15/h6-7H,2H2,1,3-5H3. The highest BCUT2D eigenvalue weighted by molar-refractivity contribution is 6.35. The van der Waals surface area contributed by atoms with Gasteiger partial charge in [-0.3, -0.25) is 0 Å². The highest BCUT2D eigenvalue weighted by atomic mass is 35.5. The summed E-state index contributed by atoms with van der Waals surface area (Å²) in [7, 11) is 0. The van der Waals surface area contributed by atoms with Crippen molar-refractivity contribution in [1.29, 1.82) is 0 Å². The summed E-state index contributed by atoms with van der Waals surface area (Å²) < 4.78 is 0. The van der Waals surface area contributed by atoms with Crippen molar-refractivity contribution in [2.45, 2.75) is 27.7 Å². The maximum Gasteiger partial charge on any atom is 0.0456 e. The number of rotatable bonds is 1. The number of hydrogen-bond acceptors (Lipinski definition) is 0. The molecule has 0 radical (unpaired) electrons. The van der Waals surface area contributed by atoms with Crippen LogP contribution in [-0.2, 0) is 0 Å². The summed E-state index contributed by atoms with van der Waals surface area (Å²) >= 11 is 12.1. The van der Waals surface area contributed by atoms with Gasteiger partial charge in [-0.05, 0) is 41.2 Å². The van der Waals surface area contributed by atoms with E-state index in [9.17, 15) is 0 Å². The molecule has 0 aliphatic rings. The Labute approximate surface area is 102 Å². The van der Waals surface area contributed by atoms with Crippen LogP contribution in [0.2, 0.25) is 10.0 Å². The van der Waals surface area contributed by atoms with Crippen LogP contribution >= 0.6 is 23.2 Å². The Morgan fingerprint density at radius 1 is 1.20 bits per heavy atom. The second-order valence-electron chi connectivity index (χ2n) is 4.79. The van der Waals surface area contributed by atoms with Gasteiger partial charge in [-0.2, -0.15) is 0 Å². The van der Waals surface area contributed by atoms with Crippen molar-refractivity contribution < 1.29 is 0 Å². The van der Waals surface area contributed by atoms with Crippen LogP contribution < -0.4 is 0 Å². The molecule has 0 saturated heterocycles. The van der Waals surface area contributed by atoms with Crippen LogP contribution in [-0.4, -0.2) is 0 Å². The Bertz CT molecular complexity index is 398. The summed E-state index contributed by atoms with van der Waals surface area (Å²) in [5.41, 5.74) is 3.18. The Balaban J connectivity index is 3.32. The lowest BCUT2D eigenvalue weighted by Crippen LogP contribution is -2.08. The zero-order valence-electron chi connectivity index (χ0n) is 9.62. The third-order valence-electron chi connectivity index (χ3n) is 2.54. The predicted octanol–water partition coefficient (Wildman–Crippen LogP) is 5.36. The number of halogens is 2. The van der Waals surface area contributed by atoms with Crippen LogP contribution in [0.1, 0.15) is 31.9 Å². The van der Waals surface area contributed by atoms with Gasteiger partial charge in [0.25, 0.3) is 0 Å². The minimum atomic E-state index is 0.0266. The first-order valence-corrected chi connectivity index (χ1v) is 5.64. The first kappa shape index (κ1) is 12.6. The SMILES string of the molecule is C=C(c1cc(Cl)cc(Cl)c1C)C(C)(C)C. The quantitative estimate of drug-likeness (QED) is 0.622. The molecule has 0 aromatic heterocycles. The van der Waals surface area contributed by atoms with Gasteiger partial charge < -0.3 is 0 Å². The zero-order valence-corrected chi connectivity index (χ0v) is 11.1. The highest BCUT2D eigenvalue weighted by Crippen LogP contribution is 2.37. The lowest BCUT2D eigenvalue weighted by Gasteiger charge is -2.24. The fourth-order valence-electron chi connectivity index (χ4n) is 1.36. The molecule has 0 fully saturated rings. The molecule has 0 spiro atoms. The summed E-state index contributed by atoms with van der Waals surface area (Å²) in [5, 5.41) is 1.36. The number of benzene rings is 1. The monoisotopic (exact) mass is 242 g/mol. The minimum Gasteiger partial charge on any atom is -0.0947 e. The molecule has 0 aliphatic carbocycles. The largest absolute Gasteiger partial charge is 0.0947 e. The second kappa shape index (κ2) is 4.19. The van der Waals surface area contributed by atoms with E-state index >= 15 is 0 Å². The Hall–Kier alpha value is -0.460. The van der Waals surface area contributed by atoms with Crippen LogP contribution in [0.3, 0.4) is 0 Å². The topological polar surface area (TPSA) is 0 Å². The van der Waals surface area contributed by atoms with Gasteiger partial charge in [-0.1, -0.05) is 50.6 Å². The van der Waals surface area contributed by atoms with Crippen molar-refractivity contribution in [2.75, 3.05) is 0 Å². The first-order chi connectivity index (χ1) is 6.73. The molecule has 82 valence electrons. The van der Waals surface area contributed by atoms with Crippen LogP contribution in [0, 0.1) is 12.3 Å². The first-order valence-electron chi connectivity index (χ1n) is 4.89. The average Bonchev–Trinajstić information content (AvgIpc) is 2.08. The molecule has 0 amide bonds. The molecule has 0 bridgehead atoms. The van der Waals surface area contributed by atoms with Crippen molar-refractivity contribution in [1.82, 2.24) is 0 Å². The molecule has 1 aromatic carbocycles. The van der Waals surface area contributed by atoms with Gasteiger partial charge in [0.15, 0.2) is 0 Å². The lowest BCUT2D eigenvalue weighted by molar-refractivity contribution is 0.567. The van der Waals surface area contributed by atoms with Crippen molar-refractivity contribution in [3.05, 3.63) is 39.9 Å². The molecule has 2 heteroatoms. The van der Waals surface area contributed by atoms with Crippen LogP contribution in [0.5, 0.6) is 0 Å². The second-order valence-corrected chi connectivity index (χ2v) is 5.63. The van der Waals surface area contributed by atoms with E-state index in [1.165, 1.54) is 0 Å². The summed E-state index contributed by atoms with van der Waals surface area (Å²) in [6.45, 7) is 12.5. The van der Waals surface area contributed by atoms with Gasteiger partial charge >= 0.3 is 0 Å². The fourth-order valence-corrected chi connectivity index (χ4v) is 1.86. The molecule has 0 heterocycles. The van der Waals surface area contributed by atoms with Crippen LogP contribution in [0.15, 0.2) is 18.7 Å². The van der Waals surface area contributed by atoms with Gasteiger partial charge in [-0.25, -0.2) is 0 Å². The molecule has 0 N–H and O–H groups in total. The Kier molecular flexibility index (Phi) is 3.52. The number of hydrogen-bond donors (Lipinski definition) is 0. The molecule has 0 saturated carbocycles. The third-order valence-corrected chi connectivity index (χ3v) is 3.15. The van der Waals surface area contributed by atoms with Crippen molar-refractivity contribution in [2.24, 2.45) is 5.41 Å². The molecule has 1 rings (SSSR count). The van der Waals surface area contributed by atoms with Gasteiger partial charge in [0, 0.05) is 10.0 Å². The van der Waals surface area contributed by atoms with E-state index in [-0.39, 0.29) is 5.41 Å². The maximum absolute atomic E-state index is 6.09. The molecular weight excluding hydrogens is 227 g/mol. The van der Waals surface area contributed by atoms with E-state index in [1.54, 1.807) is 6.07 Å².